The van der Waals surface area contributed by atoms with Crippen LogP contribution < -0.4 is 13.9 Å². The largest absolute Gasteiger partial charge is 0.507 e. The van der Waals surface area contributed by atoms with Crippen molar-refractivity contribution in [1.29, 1.82) is 0 Å². The fourth-order valence-corrected chi connectivity index (χ4v) is 19.8. The molecule has 672 valence electrons. The molecular formula is C99H144F6O14Se. The fourth-order valence-electron chi connectivity index (χ4n) is 16.9. The van der Waals surface area contributed by atoms with Gasteiger partial charge in [-0.25, -0.2) is 4.79 Å². The molecule has 0 bridgehead atoms. The quantitative estimate of drug-likeness (QED) is 0.00798. The number of rotatable bonds is 30. The van der Waals surface area contributed by atoms with Gasteiger partial charge in [-0.2, -0.15) is 13.2 Å². The van der Waals surface area contributed by atoms with Crippen molar-refractivity contribution in [2.75, 3.05) is 13.2 Å². The Kier molecular flexibility index (Phi) is 40.4. The van der Waals surface area contributed by atoms with E-state index < -0.39 is 46.7 Å². The first-order valence-corrected chi connectivity index (χ1v) is 45.5. The average Bonchev–Trinajstić information content (AvgIpc) is 0.873. The first-order chi connectivity index (χ1) is 56.0. The molecule has 0 aliphatic heterocycles. The maximum absolute atomic E-state index is 12.5. The van der Waals surface area contributed by atoms with Crippen LogP contribution in [0.3, 0.4) is 0 Å². The molecule has 0 saturated heterocycles. The molecule has 6 unspecified atom stereocenters. The number of aryl methyl sites for hydroxylation is 1. The van der Waals surface area contributed by atoms with Gasteiger partial charge in [0.05, 0.1) is 18.8 Å². The predicted octanol–water partition coefficient (Wildman–Crippen LogP) is 25.5. The number of ether oxygens (including phenoxy) is 4. The standard InChI is InChI=1S/C28H44O3.C22H34O2.C19H26O3.C18H23F3O3Se.C12H17F3O3/c1-5-6-7-8-9-10-11-12-13-14-17-31-23-19-26(29)28(27(30)20-23)25-18-22(4)15-16-24(25)21(2)3;1-6-7-8-9-16-13-19(23)21(20(24)14-16)17-12-15(2)10-11-18(17)22(3,4)5;1-5-8-22-14-10-17(20)19(18(21)11-14)16-9-13(4)6-7-15(16)12(2)3;1-16(2,24-15(22)18(19,20)21)12-9-10-17(3,23)14(11-12)25-13-7-5-4-6-8-13;1-10(2,18-9(16)12(13,14)15)8-4-6-11(3,17)7-5-8/h18-20,24-25,29-30H,2,5-17H2,1,3-4H3;12-14,17-18,23-24H,6-11H2,1-5H3;9-11,15-16,20-21H,2,5-8H2,1,3-4H3;4-8,12,14,23H,9-11H2,1-3H3;4,6,8,17H,5,7H2,1-3H3/t24-,25?;17?,18-;15-,16?;12-,14?,17?;8-,11?/m01010/s1. The molecule has 0 heterocycles. The number of hydrogen-bond acceptors (Lipinski definition) is 14. The van der Waals surface area contributed by atoms with Crippen molar-refractivity contribution in [2.24, 2.45) is 35.0 Å². The molecule has 11 atom stereocenters. The molecule has 4 aromatic carbocycles. The summed E-state index contributed by atoms with van der Waals surface area (Å²) in [5.74, 6) is -2.04. The summed E-state index contributed by atoms with van der Waals surface area (Å²) in [7, 11) is 0. The van der Waals surface area contributed by atoms with Gasteiger partial charge in [0.1, 0.15) is 51.6 Å². The maximum atomic E-state index is 12.5. The van der Waals surface area contributed by atoms with E-state index in [9.17, 15) is 76.8 Å². The van der Waals surface area contributed by atoms with Gasteiger partial charge in [0, 0.05) is 64.6 Å². The number of allylic oxidation sites excluding steroid dienone is 8. The third-order valence-electron chi connectivity index (χ3n) is 24.3. The van der Waals surface area contributed by atoms with E-state index in [0.717, 1.165) is 91.8 Å². The second kappa shape index (κ2) is 47.0. The zero-order chi connectivity index (χ0) is 89.9. The number of phenolic OH excluding ortho intramolecular Hbond substituents is 6. The molecule has 8 N–H and O–H groups in total. The Morgan fingerprint density at radius 3 is 1.34 bits per heavy atom. The van der Waals surface area contributed by atoms with Gasteiger partial charge in [0.25, 0.3) is 0 Å². The zero-order valence-corrected chi connectivity index (χ0v) is 76.6. The molecule has 14 nitrogen and oxygen atoms in total. The predicted molar refractivity (Wildman–Crippen MR) is 471 cm³/mol. The Labute approximate surface area is 719 Å². The van der Waals surface area contributed by atoms with E-state index in [0.29, 0.717) is 79.4 Å². The molecule has 1 saturated carbocycles. The van der Waals surface area contributed by atoms with E-state index >= 15 is 0 Å². The normalized spacial score (nSPS) is 23.2. The minimum atomic E-state index is -5.00. The van der Waals surface area contributed by atoms with E-state index in [1.165, 1.54) is 115 Å². The number of aromatic hydroxyl groups is 6. The summed E-state index contributed by atoms with van der Waals surface area (Å²) >= 11 is -0.0203. The van der Waals surface area contributed by atoms with Crippen molar-refractivity contribution < 1.29 is 95.7 Å². The number of carbonyl (C=O) groups excluding carboxylic acids is 2. The van der Waals surface area contributed by atoms with Gasteiger partial charge in [-0.15, -0.1) is 0 Å². The van der Waals surface area contributed by atoms with Crippen LogP contribution in [0, 0.1) is 35.0 Å². The summed E-state index contributed by atoms with van der Waals surface area (Å²) in [5.41, 5.74) is 4.88. The SMILES string of the molecule is C=C(C)[C@@H]1CCC(C)=CC1c1c(O)cc(OCCC)cc1O.C=C(C)[C@@H]1CCC(C)=CC1c1c(O)cc(OCCCCCCCCCCCC)cc1O.CC1(O)C=C[C@H](C(C)(C)OC(=O)C(F)(F)F)CC1.CC1(O)CC[C@@H](C(C)(C)OC(=O)C(F)(F)F)CC1[Se]c1ccccc1.CCCCCc1cc(O)c(C2C=C(C)CC[C@H]2C(C)(C)C)c(O)c1. The van der Waals surface area contributed by atoms with Gasteiger partial charge < -0.3 is 50.0 Å². The number of unbranched alkanes of at least 4 members (excludes halogenated alkanes) is 11. The molecule has 4 aromatic rings. The van der Waals surface area contributed by atoms with Crippen LogP contribution in [0.25, 0.3) is 0 Å². The summed E-state index contributed by atoms with van der Waals surface area (Å²) in [5, 5.41) is 83.9. The van der Waals surface area contributed by atoms with Gasteiger partial charge in [0.15, 0.2) is 0 Å². The van der Waals surface area contributed by atoms with E-state index in [2.05, 4.69) is 91.5 Å². The van der Waals surface area contributed by atoms with Crippen LogP contribution in [-0.2, 0) is 25.5 Å². The summed E-state index contributed by atoms with van der Waals surface area (Å²) in [6.45, 7) is 42.3. The topological polar surface area (TPSA) is 233 Å². The molecule has 21 heteroatoms. The molecule has 0 spiro atoms. The van der Waals surface area contributed by atoms with Gasteiger partial charge in [-0.1, -0.05) is 184 Å². The summed E-state index contributed by atoms with van der Waals surface area (Å²) < 4.78 is 95.7. The second-order valence-corrected chi connectivity index (χ2v) is 39.5. The van der Waals surface area contributed by atoms with Gasteiger partial charge in [-0.05, 0) is 173 Å². The van der Waals surface area contributed by atoms with Crippen molar-refractivity contribution in [1.82, 2.24) is 0 Å². The molecule has 5 aliphatic carbocycles. The van der Waals surface area contributed by atoms with Crippen molar-refractivity contribution in [3.63, 3.8) is 0 Å². The van der Waals surface area contributed by atoms with Crippen molar-refractivity contribution in [3.05, 3.63) is 160 Å². The van der Waals surface area contributed by atoms with E-state index in [-0.39, 0.29) is 101 Å². The Hall–Kier alpha value is -7.32. The van der Waals surface area contributed by atoms with E-state index in [4.69, 9.17) is 14.2 Å². The Balaban J connectivity index is 0.000000270. The Morgan fingerprint density at radius 2 is 0.917 bits per heavy atom. The van der Waals surface area contributed by atoms with Gasteiger partial charge in [-0.3, -0.25) is 0 Å². The van der Waals surface area contributed by atoms with Crippen LogP contribution >= 0.6 is 0 Å². The number of halogens is 6. The monoisotopic (exact) mass is 1750 g/mol. The van der Waals surface area contributed by atoms with Crippen molar-refractivity contribution >= 4 is 31.4 Å². The number of carbonyl (C=O) groups is 2. The van der Waals surface area contributed by atoms with E-state index in [1.807, 2.05) is 63.2 Å². The first-order valence-electron chi connectivity index (χ1n) is 43.7. The summed E-state index contributed by atoms with van der Waals surface area (Å²) in [6, 6.07) is 20.0. The number of aliphatic hydroxyl groups is 2. The third kappa shape index (κ3) is 32.7. The minimum absolute atomic E-state index is 0.0203. The summed E-state index contributed by atoms with van der Waals surface area (Å²) in [4.78, 5) is 22.0. The third-order valence-corrected chi connectivity index (χ3v) is 27.5. The Morgan fingerprint density at radius 1 is 0.508 bits per heavy atom. The van der Waals surface area contributed by atoms with Crippen molar-refractivity contribution in [3.8, 4) is 46.0 Å². The molecule has 120 heavy (non-hydrogen) atoms. The first kappa shape index (κ1) is 103. The maximum Gasteiger partial charge on any atom is 0.123 e. The number of hydrogen-bond donors (Lipinski definition) is 8. The van der Waals surface area contributed by atoms with Crippen LogP contribution in [0.1, 0.15) is 318 Å². The second-order valence-electron chi connectivity index (χ2n) is 36.8. The van der Waals surface area contributed by atoms with Crippen LogP contribution in [-0.4, -0.2) is 116 Å². The van der Waals surface area contributed by atoms with Gasteiger partial charge in [0.2, 0.25) is 0 Å². The van der Waals surface area contributed by atoms with Crippen LogP contribution in [0.4, 0.5) is 26.3 Å². The smallest absolute Gasteiger partial charge is 0.123 e. The van der Waals surface area contributed by atoms with Crippen LogP contribution in [0.2, 0.25) is 4.82 Å². The Bertz CT molecular complexity index is 3980. The van der Waals surface area contributed by atoms with Crippen LogP contribution in [0.5, 0.6) is 46.0 Å². The van der Waals surface area contributed by atoms with Gasteiger partial charge >= 0.3 is 164 Å². The molecule has 0 amide bonds. The number of benzene rings is 4. The molecule has 5 aliphatic rings. The average molecular weight is 1750 g/mol. The molecule has 1 fully saturated rings. The molecule has 9 rings (SSSR count). The molecule has 0 radical (unpaired) electrons. The minimum Gasteiger partial charge on any atom is -0.507 e. The number of phenols is 6. The number of esters is 2. The van der Waals surface area contributed by atoms with Crippen molar-refractivity contribution in [2.45, 2.75) is 342 Å². The zero-order valence-electron chi connectivity index (χ0n) is 74.9. The van der Waals surface area contributed by atoms with E-state index in [1.54, 1.807) is 44.2 Å². The fraction of sp³-hybridized carbons (Fsp3) is 0.616. The number of alkyl halides is 6. The van der Waals surface area contributed by atoms with Crippen LogP contribution in [0.15, 0.2) is 138 Å². The molecule has 0 aromatic heterocycles. The molecular weight excluding hydrogens is 1610 g/mol. The summed E-state index contributed by atoms with van der Waals surface area (Å²) in [6.07, 6.45) is 26.5.